The molecule has 1 heterocycles. The van der Waals surface area contributed by atoms with Gasteiger partial charge in [0, 0.05) is 0 Å². The van der Waals surface area contributed by atoms with E-state index in [1.165, 1.54) is 23.3 Å². The van der Waals surface area contributed by atoms with Gasteiger partial charge in [-0.1, -0.05) is 6.92 Å². The van der Waals surface area contributed by atoms with Crippen LogP contribution in [0.1, 0.15) is 30.2 Å². The number of nitrogens with zero attached hydrogens (tertiary/aromatic N) is 1. The van der Waals surface area contributed by atoms with Crippen LogP contribution in [-0.2, 0) is 6.42 Å². The minimum Gasteiger partial charge on any atom is -0.308 e. The normalized spacial score (nSPS) is 17.1. The Morgan fingerprint density at radius 2 is 2.50 bits per heavy atom. The molecule has 0 spiro atoms. The van der Waals surface area contributed by atoms with Gasteiger partial charge in [0.05, 0.1) is 10.9 Å². The van der Waals surface area contributed by atoms with Crippen molar-refractivity contribution in [1.29, 1.82) is 0 Å². The van der Waals surface area contributed by atoms with Crippen molar-refractivity contribution in [2.24, 2.45) is 10.8 Å². The van der Waals surface area contributed by atoms with Gasteiger partial charge in [0.1, 0.15) is 0 Å². The first-order valence-corrected chi connectivity index (χ1v) is 5.84. The molecular weight excluding hydrogens is 194 g/mol. The topological polar surface area (TPSA) is 50.4 Å². The molecule has 1 aliphatic carbocycles. The highest BCUT2D eigenvalue weighted by Gasteiger charge is 2.22. The molecule has 3 N–H and O–H groups in total. The van der Waals surface area contributed by atoms with Gasteiger partial charge in [0.25, 0.3) is 0 Å². The van der Waals surface area contributed by atoms with Crippen molar-refractivity contribution >= 4 is 17.2 Å². The molecule has 0 saturated heterocycles. The minimum atomic E-state index is 0.507. The van der Waals surface area contributed by atoms with Crippen LogP contribution in [0, 0.1) is 0 Å². The Balaban J connectivity index is 2.25. The number of rotatable bonds is 3. The average molecular weight is 209 g/mol. The summed E-state index contributed by atoms with van der Waals surface area (Å²) in [6.45, 7) is 2.15. The van der Waals surface area contributed by atoms with E-state index in [-0.39, 0.29) is 0 Å². The van der Waals surface area contributed by atoms with Gasteiger partial charge in [-0.2, -0.15) is 0 Å². The van der Waals surface area contributed by atoms with E-state index in [1.807, 2.05) is 0 Å². The predicted octanol–water partition coefficient (Wildman–Crippen LogP) is 1.68. The molecule has 0 atom stereocenters. The van der Waals surface area contributed by atoms with E-state index >= 15 is 0 Å². The Bertz CT molecular complexity index is 339. The number of nitrogens with one attached hydrogen (secondary N) is 1. The fourth-order valence-electron chi connectivity index (χ4n) is 1.37. The second kappa shape index (κ2) is 4.11. The van der Waals surface area contributed by atoms with Crippen LogP contribution in [0.25, 0.3) is 0 Å². The lowest BCUT2D eigenvalue weighted by atomic mass is 10.2. The Labute approximate surface area is 88.0 Å². The summed E-state index contributed by atoms with van der Waals surface area (Å²) in [5, 5.41) is 2.09. The number of hydrogen-bond donors (Lipinski definition) is 2. The third-order valence-electron chi connectivity index (χ3n) is 2.34. The Hall–Kier alpha value is -0.870. The molecule has 0 aromatic carbocycles. The second-order valence-electron chi connectivity index (χ2n) is 3.48. The number of thiophene rings is 1. The molecule has 1 fully saturated rings. The summed E-state index contributed by atoms with van der Waals surface area (Å²) in [4.78, 5) is 5.74. The lowest BCUT2D eigenvalue weighted by Gasteiger charge is -2.05. The number of hydrazine groups is 1. The monoisotopic (exact) mass is 209 g/mol. The highest BCUT2D eigenvalue weighted by Crippen LogP contribution is 2.25. The molecule has 0 radical (unpaired) electrons. The van der Waals surface area contributed by atoms with Crippen molar-refractivity contribution in [2.75, 3.05) is 0 Å². The summed E-state index contributed by atoms with van der Waals surface area (Å²) in [7, 11) is 0. The molecule has 1 saturated carbocycles. The van der Waals surface area contributed by atoms with E-state index in [4.69, 9.17) is 5.84 Å². The smallest absolute Gasteiger partial charge is 0.153 e. The first-order valence-electron chi connectivity index (χ1n) is 4.96. The quantitative estimate of drug-likeness (QED) is 0.344. The van der Waals surface area contributed by atoms with Crippen molar-refractivity contribution in [1.82, 2.24) is 5.43 Å². The van der Waals surface area contributed by atoms with E-state index < -0.39 is 0 Å². The summed E-state index contributed by atoms with van der Waals surface area (Å²) >= 11 is 1.70. The van der Waals surface area contributed by atoms with Crippen LogP contribution in [0.15, 0.2) is 16.4 Å². The van der Waals surface area contributed by atoms with E-state index in [1.54, 1.807) is 11.3 Å². The molecule has 1 aliphatic rings. The van der Waals surface area contributed by atoms with Gasteiger partial charge in [0.15, 0.2) is 5.84 Å². The van der Waals surface area contributed by atoms with Crippen LogP contribution in [0.4, 0.5) is 0 Å². The SMILES string of the molecule is CCc1ccsc1C(=NC1CC1)NN. The van der Waals surface area contributed by atoms with Gasteiger partial charge in [0.2, 0.25) is 0 Å². The van der Waals surface area contributed by atoms with Crippen molar-refractivity contribution in [3.63, 3.8) is 0 Å². The van der Waals surface area contributed by atoms with Gasteiger partial charge in [-0.25, -0.2) is 5.84 Å². The largest absolute Gasteiger partial charge is 0.308 e. The predicted molar refractivity (Wildman–Crippen MR) is 60.6 cm³/mol. The van der Waals surface area contributed by atoms with Gasteiger partial charge >= 0.3 is 0 Å². The molecule has 76 valence electrons. The van der Waals surface area contributed by atoms with Crippen LogP contribution in [0.2, 0.25) is 0 Å². The maximum atomic E-state index is 5.49. The van der Waals surface area contributed by atoms with E-state index in [9.17, 15) is 0 Å². The zero-order valence-electron chi connectivity index (χ0n) is 8.29. The Morgan fingerprint density at radius 3 is 3.07 bits per heavy atom. The van der Waals surface area contributed by atoms with Crippen LogP contribution >= 0.6 is 11.3 Å². The standard InChI is InChI=1S/C10H15N3S/c1-2-7-5-6-14-9(7)10(13-11)12-8-3-4-8/h5-6,8H,2-4,11H2,1H3,(H,12,13). The van der Waals surface area contributed by atoms with Gasteiger partial charge < -0.3 is 5.43 Å². The lowest BCUT2D eigenvalue weighted by Crippen LogP contribution is -2.31. The number of aliphatic imine (C=N–C) groups is 1. The number of nitrogens with two attached hydrogens (primary N) is 1. The third-order valence-corrected chi connectivity index (χ3v) is 3.30. The van der Waals surface area contributed by atoms with Crippen LogP contribution in [0.3, 0.4) is 0 Å². The highest BCUT2D eigenvalue weighted by molar-refractivity contribution is 7.12. The average Bonchev–Trinajstić information content (AvgIpc) is 2.90. The first kappa shape index (κ1) is 9.68. The Morgan fingerprint density at radius 1 is 1.71 bits per heavy atom. The fraction of sp³-hybridized carbons (Fsp3) is 0.500. The van der Waals surface area contributed by atoms with Crippen molar-refractivity contribution < 1.29 is 0 Å². The van der Waals surface area contributed by atoms with Crippen LogP contribution in [0.5, 0.6) is 0 Å². The van der Waals surface area contributed by atoms with Gasteiger partial charge in [-0.3, -0.25) is 4.99 Å². The summed E-state index contributed by atoms with van der Waals surface area (Å²) in [6, 6.07) is 2.65. The van der Waals surface area contributed by atoms with Crippen molar-refractivity contribution in [3.05, 3.63) is 21.9 Å². The minimum absolute atomic E-state index is 0.507. The molecule has 2 rings (SSSR count). The van der Waals surface area contributed by atoms with Gasteiger partial charge in [-0.05, 0) is 36.3 Å². The van der Waals surface area contributed by atoms with Crippen LogP contribution < -0.4 is 11.3 Å². The molecule has 14 heavy (non-hydrogen) atoms. The summed E-state index contributed by atoms with van der Waals surface area (Å²) in [5.41, 5.74) is 4.04. The van der Waals surface area contributed by atoms with Crippen molar-refractivity contribution in [3.8, 4) is 0 Å². The maximum absolute atomic E-state index is 5.49. The molecule has 0 bridgehead atoms. The number of hydrogen-bond acceptors (Lipinski definition) is 3. The first-order chi connectivity index (χ1) is 6.85. The molecular formula is C10H15N3S. The molecule has 0 amide bonds. The summed E-state index contributed by atoms with van der Waals surface area (Å²) in [5.74, 6) is 6.35. The lowest BCUT2D eigenvalue weighted by molar-refractivity contribution is 0.970. The summed E-state index contributed by atoms with van der Waals surface area (Å²) in [6.07, 6.45) is 3.44. The Kier molecular flexibility index (Phi) is 2.84. The number of aryl methyl sites for hydroxylation is 1. The molecule has 3 nitrogen and oxygen atoms in total. The molecule has 1 aromatic heterocycles. The van der Waals surface area contributed by atoms with Crippen LogP contribution in [-0.4, -0.2) is 11.9 Å². The molecule has 1 aromatic rings. The van der Waals surface area contributed by atoms with Crippen molar-refractivity contribution in [2.45, 2.75) is 32.2 Å². The van der Waals surface area contributed by atoms with E-state index in [0.717, 1.165) is 12.3 Å². The molecule has 0 unspecified atom stereocenters. The zero-order valence-corrected chi connectivity index (χ0v) is 9.10. The number of amidine groups is 1. The fourth-order valence-corrected chi connectivity index (χ4v) is 2.32. The van der Waals surface area contributed by atoms with Gasteiger partial charge in [-0.15, -0.1) is 11.3 Å². The van der Waals surface area contributed by atoms with E-state index in [2.05, 4.69) is 28.8 Å². The van der Waals surface area contributed by atoms with E-state index in [0.29, 0.717) is 6.04 Å². The summed E-state index contributed by atoms with van der Waals surface area (Å²) < 4.78 is 0. The highest BCUT2D eigenvalue weighted by atomic mass is 32.1. The molecule has 0 aliphatic heterocycles. The second-order valence-corrected chi connectivity index (χ2v) is 4.40. The maximum Gasteiger partial charge on any atom is 0.153 e. The zero-order chi connectivity index (χ0) is 9.97. The third kappa shape index (κ3) is 1.96. The molecule has 4 heteroatoms.